The van der Waals surface area contributed by atoms with Gasteiger partial charge < -0.3 is 9.64 Å². The first kappa shape index (κ1) is 16.5. The van der Waals surface area contributed by atoms with E-state index in [-0.39, 0.29) is 24.8 Å². The average Bonchev–Trinajstić information content (AvgIpc) is 3.12. The number of benzene rings is 1. The molecule has 1 aromatic heterocycles. The Morgan fingerprint density at radius 3 is 2.54 bits per heavy atom. The Morgan fingerprint density at radius 1 is 1.15 bits per heavy atom. The molecule has 0 atom stereocenters. The smallest absolute Gasteiger partial charge is 0.365 e. The largest absolute Gasteiger partial charge is 0.378 e. The molecule has 2 aliphatic heterocycles. The predicted octanol–water partition coefficient (Wildman–Crippen LogP) is 0.0310. The SMILES string of the molecule is O=C(Cn1c(=O)nc2n1C(=O)N(c1ccc(F)cc1)C2)N1CCOCC1. The van der Waals surface area contributed by atoms with Gasteiger partial charge in [-0.3, -0.25) is 9.69 Å². The lowest BCUT2D eigenvalue weighted by atomic mass is 10.3. The van der Waals surface area contributed by atoms with Gasteiger partial charge in [0.15, 0.2) is 5.82 Å². The number of carbonyl (C=O) groups excluding carboxylic acids is 2. The Balaban J connectivity index is 1.59. The number of hydrogen-bond donors (Lipinski definition) is 0. The van der Waals surface area contributed by atoms with E-state index in [0.717, 1.165) is 9.36 Å². The zero-order valence-corrected chi connectivity index (χ0v) is 13.8. The third kappa shape index (κ3) is 2.77. The summed E-state index contributed by atoms with van der Waals surface area (Å²) in [6.45, 7) is 1.60. The molecule has 10 heteroatoms. The summed E-state index contributed by atoms with van der Waals surface area (Å²) in [6, 6.07) is 4.94. The van der Waals surface area contributed by atoms with Crippen molar-refractivity contribution in [1.29, 1.82) is 0 Å². The lowest BCUT2D eigenvalue weighted by Gasteiger charge is -2.27. The van der Waals surface area contributed by atoms with Crippen LogP contribution in [0.2, 0.25) is 0 Å². The van der Waals surface area contributed by atoms with Crippen molar-refractivity contribution < 1.29 is 18.7 Å². The van der Waals surface area contributed by atoms with Crippen molar-refractivity contribution in [1.82, 2.24) is 19.2 Å². The molecule has 0 N–H and O–H groups in total. The van der Waals surface area contributed by atoms with E-state index < -0.39 is 17.5 Å². The summed E-state index contributed by atoms with van der Waals surface area (Å²) in [4.78, 5) is 44.1. The van der Waals surface area contributed by atoms with Gasteiger partial charge in [0.25, 0.3) is 0 Å². The van der Waals surface area contributed by atoms with Crippen molar-refractivity contribution >= 4 is 17.6 Å². The topological polar surface area (TPSA) is 89.7 Å². The first-order valence-electron chi connectivity index (χ1n) is 8.16. The molecule has 136 valence electrons. The van der Waals surface area contributed by atoms with Crippen molar-refractivity contribution in [2.24, 2.45) is 0 Å². The first-order valence-corrected chi connectivity index (χ1v) is 8.16. The fourth-order valence-corrected chi connectivity index (χ4v) is 3.08. The summed E-state index contributed by atoms with van der Waals surface area (Å²) in [6.07, 6.45) is 0. The van der Waals surface area contributed by atoms with Crippen molar-refractivity contribution in [3.05, 3.63) is 46.4 Å². The second-order valence-electron chi connectivity index (χ2n) is 6.02. The van der Waals surface area contributed by atoms with E-state index in [1.807, 2.05) is 0 Å². The number of fused-ring (bicyclic) bond motifs is 1. The minimum atomic E-state index is -0.645. The van der Waals surface area contributed by atoms with E-state index in [9.17, 15) is 18.8 Å². The quantitative estimate of drug-likeness (QED) is 0.770. The van der Waals surface area contributed by atoms with Crippen LogP contribution >= 0.6 is 0 Å². The van der Waals surface area contributed by atoms with Crippen molar-refractivity contribution in [3.8, 4) is 0 Å². The summed E-state index contributed by atoms with van der Waals surface area (Å²) in [5, 5.41) is 0. The van der Waals surface area contributed by atoms with Crippen LogP contribution < -0.4 is 10.6 Å². The molecule has 0 saturated carbocycles. The number of halogens is 1. The molecular weight excluding hydrogens is 345 g/mol. The van der Waals surface area contributed by atoms with Gasteiger partial charge in [0.1, 0.15) is 12.4 Å². The van der Waals surface area contributed by atoms with E-state index in [1.165, 1.54) is 29.2 Å². The van der Waals surface area contributed by atoms with Crippen LogP contribution in [0.1, 0.15) is 5.82 Å². The highest BCUT2D eigenvalue weighted by atomic mass is 19.1. The van der Waals surface area contributed by atoms with E-state index in [4.69, 9.17) is 4.74 Å². The second-order valence-corrected chi connectivity index (χ2v) is 6.02. The fraction of sp³-hybridized carbons (Fsp3) is 0.375. The molecule has 2 aliphatic rings. The highest BCUT2D eigenvalue weighted by molar-refractivity contribution is 5.95. The summed E-state index contributed by atoms with van der Waals surface area (Å²) in [5.41, 5.74) is -0.158. The Hall–Kier alpha value is -3.01. The Bertz CT molecular complexity index is 914. The van der Waals surface area contributed by atoms with Gasteiger partial charge in [0.05, 0.1) is 19.8 Å². The van der Waals surface area contributed by atoms with Crippen LogP contribution in [0.3, 0.4) is 0 Å². The summed E-state index contributed by atoms with van der Waals surface area (Å²) in [7, 11) is 0. The third-order valence-electron chi connectivity index (χ3n) is 4.43. The van der Waals surface area contributed by atoms with E-state index in [1.54, 1.807) is 4.90 Å². The number of aromatic nitrogens is 3. The Kier molecular flexibility index (Phi) is 4.03. The third-order valence-corrected chi connectivity index (χ3v) is 4.43. The number of amides is 2. The maximum atomic E-state index is 13.1. The zero-order chi connectivity index (χ0) is 18.3. The number of hydrogen-bond acceptors (Lipinski definition) is 5. The molecule has 1 fully saturated rings. The molecule has 1 saturated heterocycles. The van der Waals surface area contributed by atoms with E-state index in [0.29, 0.717) is 32.0 Å². The molecule has 26 heavy (non-hydrogen) atoms. The standard InChI is InChI=1S/C16H16FN5O4/c17-11-1-3-12(4-2-11)20-9-13-18-15(24)21(22(13)16(20)25)10-14(23)19-5-7-26-8-6-19/h1-4H,5-10H2. The van der Waals surface area contributed by atoms with Gasteiger partial charge in [0, 0.05) is 18.8 Å². The zero-order valence-electron chi connectivity index (χ0n) is 13.8. The van der Waals surface area contributed by atoms with Crippen LogP contribution in [0.25, 0.3) is 0 Å². The minimum absolute atomic E-state index is 0.0818. The van der Waals surface area contributed by atoms with Gasteiger partial charge in [-0.15, -0.1) is 0 Å². The highest BCUT2D eigenvalue weighted by Crippen LogP contribution is 2.23. The maximum Gasteiger partial charge on any atom is 0.365 e. The van der Waals surface area contributed by atoms with Gasteiger partial charge >= 0.3 is 11.7 Å². The molecule has 0 spiro atoms. The number of morpholine rings is 1. The van der Waals surface area contributed by atoms with Crippen molar-refractivity contribution in [2.45, 2.75) is 13.1 Å². The molecule has 0 bridgehead atoms. The molecule has 0 aliphatic carbocycles. The van der Waals surface area contributed by atoms with Crippen molar-refractivity contribution in [3.63, 3.8) is 0 Å². The fourth-order valence-electron chi connectivity index (χ4n) is 3.08. The lowest BCUT2D eigenvalue weighted by Crippen LogP contribution is -2.44. The molecule has 4 rings (SSSR count). The van der Waals surface area contributed by atoms with Crippen LogP contribution in [-0.2, 0) is 22.6 Å². The predicted molar refractivity (Wildman–Crippen MR) is 87.3 cm³/mol. The molecule has 0 unspecified atom stereocenters. The minimum Gasteiger partial charge on any atom is -0.378 e. The molecule has 1 aromatic carbocycles. The van der Waals surface area contributed by atoms with Gasteiger partial charge in [-0.05, 0) is 24.3 Å². The van der Waals surface area contributed by atoms with Crippen LogP contribution in [0, 0.1) is 5.82 Å². The average molecular weight is 361 g/mol. The van der Waals surface area contributed by atoms with Gasteiger partial charge in [-0.1, -0.05) is 0 Å². The molecule has 3 heterocycles. The Labute approximate surface area is 147 Å². The lowest BCUT2D eigenvalue weighted by molar-refractivity contribution is -0.136. The van der Waals surface area contributed by atoms with Gasteiger partial charge in [-0.2, -0.15) is 9.67 Å². The molecule has 2 aromatic rings. The van der Waals surface area contributed by atoms with Crippen LogP contribution in [-0.4, -0.2) is 57.5 Å². The molecule has 0 radical (unpaired) electrons. The van der Waals surface area contributed by atoms with Gasteiger partial charge in [-0.25, -0.2) is 18.7 Å². The number of ether oxygens (including phenoxy) is 1. The van der Waals surface area contributed by atoms with E-state index in [2.05, 4.69) is 4.98 Å². The second kappa shape index (κ2) is 6.37. The number of nitrogens with zero attached hydrogens (tertiary/aromatic N) is 5. The number of rotatable bonds is 3. The summed E-state index contributed by atoms with van der Waals surface area (Å²) >= 11 is 0. The van der Waals surface area contributed by atoms with E-state index >= 15 is 0 Å². The molecule has 2 amide bonds. The monoisotopic (exact) mass is 361 g/mol. The number of anilines is 1. The molecule has 9 nitrogen and oxygen atoms in total. The van der Waals surface area contributed by atoms with Crippen LogP contribution in [0.4, 0.5) is 14.9 Å². The van der Waals surface area contributed by atoms with Crippen LogP contribution in [0.15, 0.2) is 29.1 Å². The highest BCUT2D eigenvalue weighted by Gasteiger charge is 2.34. The summed E-state index contributed by atoms with van der Waals surface area (Å²) in [5.74, 6) is -0.434. The maximum absolute atomic E-state index is 13.1. The summed E-state index contributed by atoms with van der Waals surface area (Å²) < 4.78 is 20.5. The van der Waals surface area contributed by atoms with Crippen molar-refractivity contribution in [2.75, 3.05) is 31.2 Å². The molecular formula is C16H16FN5O4. The normalized spacial score (nSPS) is 16.9. The first-order chi connectivity index (χ1) is 12.5. The Morgan fingerprint density at radius 2 is 1.85 bits per heavy atom. The van der Waals surface area contributed by atoms with Crippen LogP contribution in [0.5, 0.6) is 0 Å². The number of carbonyl (C=O) groups is 2. The van der Waals surface area contributed by atoms with Gasteiger partial charge in [0.2, 0.25) is 5.91 Å².